The van der Waals surface area contributed by atoms with Gasteiger partial charge in [0.25, 0.3) is 5.65 Å². The summed E-state index contributed by atoms with van der Waals surface area (Å²) in [4.78, 5) is 0. The molecule has 0 aliphatic heterocycles. The van der Waals surface area contributed by atoms with Gasteiger partial charge in [-0.1, -0.05) is 45.4 Å². The first kappa shape index (κ1) is 17.6. The minimum Gasteiger partial charge on any atom is -0.222 e. The quantitative estimate of drug-likeness (QED) is 0.363. The van der Waals surface area contributed by atoms with Crippen molar-refractivity contribution in [1.82, 2.24) is 4.40 Å². The molecule has 0 N–H and O–H groups in total. The van der Waals surface area contributed by atoms with Crippen LogP contribution in [0.15, 0.2) is 30.5 Å². The Kier molecular flexibility index (Phi) is 3.95. The van der Waals surface area contributed by atoms with E-state index in [1.807, 2.05) is 0 Å². The monoisotopic (exact) mass is 349 g/mol. The summed E-state index contributed by atoms with van der Waals surface area (Å²) in [6.45, 7) is 14.1. The van der Waals surface area contributed by atoms with Gasteiger partial charge in [0.05, 0.1) is 11.6 Å². The van der Waals surface area contributed by atoms with Crippen molar-refractivity contribution in [3.05, 3.63) is 47.4 Å². The Balaban J connectivity index is 2.24. The van der Waals surface area contributed by atoms with Gasteiger partial charge in [-0.3, -0.25) is 0 Å². The number of imidazole rings is 1. The van der Waals surface area contributed by atoms with Crippen molar-refractivity contribution in [3.63, 3.8) is 0 Å². The zero-order chi connectivity index (χ0) is 18.7. The molecule has 0 bridgehead atoms. The first-order valence-corrected chi connectivity index (χ1v) is 10.2. The molecule has 0 saturated carbocycles. The van der Waals surface area contributed by atoms with Gasteiger partial charge >= 0.3 is 0 Å². The number of hydrogen-bond donors (Lipinski definition) is 0. The molecule has 138 valence electrons. The topological polar surface area (TPSA) is 8.29 Å². The molecule has 0 spiro atoms. The Morgan fingerprint density at radius 3 is 2.31 bits per heavy atom. The van der Waals surface area contributed by atoms with Crippen molar-refractivity contribution < 1.29 is 4.57 Å². The smallest absolute Gasteiger partial charge is 0.222 e. The van der Waals surface area contributed by atoms with Crippen LogP contribution in [0.1, 0.15) is 77.8 Å². The second-order valence-corrected chi connectivity index (χ2v) is 9.99. The number of benzene rings is 1. The molecule has 0 amide bonds. The van der Waals surface area contributed by atoms with E-state index < -0.39 is 0 Å². The third-order valence-corrected chi connectivity index (χ3v) is 5.86. The largest absolute Gasteiger partial charge is 0.295 e. The van der Waals surface area contributed by atoms with E-state index in [9.17, 15) is 0 Å². The number of rotatable bonds is 0. The summed E-state index contributed by atoms with van der Waals surface area (Å²) in [5.74, 6) is 0. The summed E-state index contributed by atoms with van der Waals surface area (Å²) in [5, 5.41) is 2.79. The molecule has 2 heteroatoms. The Labute approximate surface area is 157 Å². The van der Waals surface area contributed by atoms with Crippen LogP contribution in [0, 0.1) is 0 Å². The van der Waals surface area contributed by atoms with Gasteiger partial charge in [0.15, 0.2) is 5.69 Å². The first-order chi connectivity index (χ1) is 12.2. The maximum atomic E-state index is 2.66. The molecular formula is C24H33N2+. The van der Waals surface area contributed by atoms with E-state index in [0.29, 0.717) is 0 Å². The van der Waals surface area contributed by atoms with Crippen LogP contribution in [0.25, 0.3) is 16.4 Å². The van der Waals surface area contributed by atoms with E-state index in [-0.39, 0.29) is 11.0 Å². The van der Waals surface area contributed by atoms with Crippen molar-refractivity contribution >= 4 is 16.4 Å². The van der Waals surface area contributed by atoms with E-state index in [1.54, 1.807) is 5.69 Å². The molecule has 0 radical (unpaired) electrons. The van der Waals surface area contributed by atoms with Gasteiger partial charge in [-0.25, -0.2) is 4.57 Å². The van der Waals surface area contributed by atoms with Crippen LogP contribution in [-0.2, 0) is 23.8 Å². The van der Waals surface area contributed by atoms with E-state index in [2.05, 4.69) is 81.0 Å². The predicted octanol–water partition coefficient (Wildman–Crippen LogP) is 5.70. The summed E-state index contributed by atoms with van der Waals surface area (Å²) in [5.41, 5.74) is 6.14. The SMILES string of the molecule is CC(C)(C)c1cccc2ccn3c4c([n+](C(C)(C)C)c3c12)CCCCC4. The van der Waals surface area contributed by atoms with Crippen molar-refractivity contribution in [2.24, 2.45) is 0 Å². The van der Waals surface area contributed by atoms with E-state index in [0.717, 1.165) is 0 Å². The summed E-state index contributed by atoms with van der Waals surface area (Å²) < 4.78 is 5.18. The van der Waals surface area contributed by atoms with Gasteiger partial charge < -0.3 is 0 Å². The van der Waals surface area contributed by atoms with Gasteiger partial charge in [0.1, 0.15) is 11.2 Å². The predicted molar refractivity (Wildman–Crippen MR) is 110 cm³/mol. The van der Waals surface area contributed by atoms with Crippen molar-refractivity contribution in [2.75, 3.05) is 0 Å². The minimum absolute atomic E-state index is 0.0719. The number of hydrogen-bond acceptors (Lipinski definition) is 0. The lowest BCUT2D eigenvalue weighted by Crippen LogP contribution is -2.52. The number of pyridine rings is 1. The molecule has 1 aliphatic carbocycles. The second-order valence-electron chi connectivity index (χ2n) is 9.99. The Morgan fingerprint density at radius 1 is 0.885 bits per heavy atom. The lowest BCUT2D eigenvalue weighted by Gasteiger charge is -2.23. The van der Waals surface area contributed by atoms with E-state index in [4.69, 9.17) is 0 Å². The molecule has 4 rings (SSSR count). The van der Waals surface area contributed by atoms with Gasteiger partial charge in [-0.2, -0.15) is 4.40 Å². The van der Waals surface area contributed by atoms with Crippen molar-refractivity contribution in [2.45, 2.75) is 84.6 Å². The first-order valence-electron chi connectivity index (χ1n) is 10.2. The molecule has 2 nitrogen and oxygen atoms in total. The van der Waals surface area contributed by atoms with Gasteiger partial charge in [0, 0.05) is 12.8 Å². The van der Waals surface area contributed by atoms with Gasteiger partial charge in [-0.15, -0.1) is 0 Å². The summed E-state index contributed by atoms with van der Waals surface area (Å²) in [6.07, 6.45) is 8.68. The van der Waals surface area contributed by atoms with Gasteiger partial charge in [0.2, 0.25) is 0 Å². The Hall–Kier alpha value is -1.83. The molecule has 0 fully saturated rings. The minimum atomic E-state index is 0.0719. The Bertz CT molecular complexity index is 978. The maximum absolute atomic E-state index is 2.66. The standard InChI is InChI=1S/C24H33N2/c1-23(2,3)18-12-10-11-17-15-16-25-19-13-8-7-9-14-20(19)26(24(4,5)6)22(25)21(17)18/h10-12,15-16H,7-9,13-14H2,1-6H3/q+1. The van der Waals surface area contributed by atoms with Crippen LogP contribution in [-0.4, -0.2) is 4.40 Å². The zero-order valence-corrected chi connectivity index (χ0v) is 17.3. The van der Waals surface area contributed by atoms with Crippen molar-refractivity contribution in [3.8, 4) is 0 Å². The van der Waals surface area contributed by atoms with Crippen LogP contribution in [0.4, 0.5) is 0 Å². The van der Waals surface area contributed by atoms with Crippen LogP contribution in [0.3, 0.4) is 0 Å². The highest BCUT2D eigenvalue weighted by Gasteiger charge is 2.35. The normalized spacial score (nSPS) is 16.1. The Morgan fingerprint density at radius 2 is 1.62 bits per heavy atom. The average molecular weight is 350 g/mol. The van der Waals surface area contributed by atoms with Crippen LogP contribution >= 0.6 is 0 Å². The molecular weight excluding hydrogens is 316 g/mol. The third kappa shape index (κ3) is 2.66. The fourth-order valence-electron chi connectivity index (χ4n) is 4.77. The van der Waals surface area contributed by atoms with Crippen LogP contribution in [0.2, 0.25) is 0 Å². The van der Waals surface area contributed by atoms with Crippen LogP contribution in [0.5, 0.6) is 0 Å². The molecule has 3 aromatic rings. The second kappa shape index (κ2) is 5.84. The third-order valence-electron chi connectivity index (χ3n) is 5.86. The molecule has 2 heterocycles. The molecule has 0 saturated heterocycles. The summed E-state index contributed by atoms with van der Waals surface area (Å²) in [6, 6.07) is 9.13. The summed E-state index contributed by atoms with van der Waals surface area (Å²) in [7, 11) is 0. The highest BCUT2D eigenvalue weighted by molar-refractivity contribution is 5.96. The lowest BCUT2D eigenvalue weighted by molar-refractivity contribution is -0.736. The average Bonchev–Trinajstić information content (AvgIpc) is 2.70. The molecule has 1 aliphatic rings. The zero-order valence-electron chi connectivity index (χ0n) is 17.3. The molecule has 0 atom stereocenters. The maximum Gasteiger partial charge on any atom is 0.295 e. The van der Waals surface area contributed by atoms with Crippen LogP contribution < -0.4 is 4.57 Å². The molecule has 2 aromatic heterocycles. The fraction of sp³-hybridized carbons (Fsp3) is 0.542. The van der Waals surface area contributed by atoms with Gasteiger partial charge in [-0.05, 0) is 56.0 Å². The van der Waals surface area contributed by atoms with E-state index >= 15 is 0 Å². The lowest BCUT2D eigenvalue weighted by atomic mass is 9.84. The van der Waals surface area contributed by atoms with E-state index in [1.165, 1.54) is 59.8 Å². The highest BCUT2D eigenvalue weighted by atomic mass is 15.2. The fourth-order valence-corrected chi connectivity index (χ4v) is 4.77. The molecule has 0 unspecified atom stereocenters. The number of nitrogens with zero attached hydrogens (tertiary/aromatic N) is 2. The molecule has 1 aromatic carbocycles. The summed E-state index contributed by atoms with van der Waals surface area (Å²) >= 11 is 0. The number of fused-ring (bicyclic) bond motifs is 5. The highest BCUT2D eigenvalue weighted by Crippen LogP contribution is 2.34. The molecule has 26 heavy (non-hydrogen) atoms. The number of aromatic nitrogens is 2. The number of aryl methyl sites for hydroxylation is 1. The van der Waals surface area contributed by atoms with Crippen molar-refractivity contribution in [1.29, 1.82) is 0 Å².